The predicted molar refractivity (Wildman–Crippen MR) is 104 cm³/mol. The van der Waals surface area contributed by atoms with Gasteiger partial charge in [0.2, 0.25) is 5.76 Å². The van der Waals surface area contributed by atoms with E-state index in [1.54, 1.807) is 49.7 Å². The van der Waals surface area contributed by atoms with Crippen molar-refractivity contribution in [1.82, 2.24) is 14.9 Å². The highest BCUT2D eigenvalue weighted by atomic mass is 19.1. The van der Waals surface area contributed by atoms with E-state index in [-0.39, 0.29) is 18.1 Å². The molecule has 0 atom stereocenters. The zero-order chi connectivity index (χ0) is 20.2. The Morgan fingerprint density at radius 3 is 2.76 bits per heavy atom. The summed E-state index contributed by atoms with van der Waals surface area (Å²) in [6.45, 7) is 0.256. The molecule has 0 saturated heterocycles. The maximum atomic E-state index is 13.8. The Bertz CT molecular complexity index is 1130. The van der Waals surface area contributed by atoms with Crippen molar-refractivity contribution in [1.29, 1.82) is 0 Å². The van der Waals surface area contributed by atoms with Crippen molar-refractivity contribution in [2.24, 2.45) is 0 Å². The molecular formula is C21H17FN4O3. The Morgan fingerprint density at radius 1 is 1.21 bits per heavy atom. The number of hydrogen-bond acceptors (Lipinski definition) is 5. The van der Waals surface area contributed by atoms with Crippen molar-refractivity contribution in [3.8, 4) is 17.0 Å². The molecule has 29 heavy (non-hydrogen) atoms. The van der Waals surface area contributed by atoms with Crippen LogP contribution in [0.5, 0.6) is 5.75 Å². The molecule has 0 aliphatic heterocycles. The van der Waals surface area contributed by atoms with Crippen LogP contribution in [0, 0.1) is 5.82 Å². The van der Waals surface area contributed by atoms with Crippen molar-refractivity contribution in [2.75, 3.05) is 12.4 Å². The Labute approximate surface area is 165 Å². The van der Waals surface area contributed by atoms with Gasteiger partial charge >= 0.3 is 0 Å². The summed E-state index contributed by atoms with van der Waals surface area (Å²) in [5.41, 5.74) is 2.31. The van der Waals surface area contributed by atoms with Crippen LogP contribution >= 0.6 is 0 Å². The van der Waals surface area contributed by atoms with Crippen molar-refractivity contribution in [2.45, 2.75) is 6.54 Å². The Balaban J connectivity index is 1.43. The fraction of sp³-hybridized carbons (Fsp3) is 0.0952. The molecule has 4 aromatic rings. The minimum Gasteiger partial charge on any atom is -0.497 e. The Morgan fingerprint density at radius 2 is 2.00 bits per heavy atom. The standard InChI is InChI=1S/C21H17FN4O3/c1-28-17-8-6-14(7-9-17)19-10-20(29-25-19)21(27)24-16-11-23-26(13-16)12-15-4-2-3-5-18(15)22/h2-11,13H,12H2,1H3,(H,24,27). The van der Waals surface area contributed by atoms with Crippen LogP contribution in [0.15, 0.2) is 71.5 Å². The van der Waals surface area contributed by atoms with E-state index in [2.05, 4.69) is 15.6 Å². The van der Waals surface area contributed by atoms with E-state index >= 15 is 0 Å². The molecule has 146 valence electrons. The van der Waals surface area contributed by atoms with E-state index in [1.807, 2.05) is 12.1 Å². The zero-order valence-corrected chi connectivity index (χ0v) is 15.5. The molecular weight excluding hydrogens is 375 g/mol. The number of halogens is 1. The third-order valence-electron chi connectivity index (χ3n) is 4.30. The number of nitrogens with one attached hydrogen (secondary N) is 1. The van der Waals surface area contributed by atoms with Crippen LogP contribution in [0.1, 0.15) is 16.1 Å². The van der Waals surface area contributed by atoms with Crippen LogP contribution in [0.25, 0.3) is 11.3 Å². The molecule has 0 unspecified atom stereocenters. The van der Waals surface area contributed by atoms with Gasteiger partial charge in [0.1, 0.15) is 17.3 Å². The largest absolute Gasteiger partial charge is 0.497 e. The molecule has 0 saturated carbocycles. The summed E-state index contributed by atoms with van der Waals surface area (Å²) >= 11 is 0. The summed E-state index contributed by atoms with van der Waals surface area (Å²) in [4.78, 5) is 12.4. The van der Waals surface area contributed by atoms with Crippen molar-refractivity contribution in [3.63, 3.8) is 0 Å². The maximum absolute atomic E-state index is 13.8. The number of anilines is 1. The maximum Gasteiger partial charge on any atom is 0.294 e. The molecule has 0 radical (unpaired) electrons. The monoisotopic (exact) mass is 392 g/mol. The molecule has 1 amide bonds. The van der Waals surface area contributed by atoms with E-state index in [1.165, 1.54) is 16.9 Å². The topological polar surface area (TPSA) is 82.2 Å². The fourth-order valence-corrected chi connectivity index (χ4v) is 2.79. The first kappa shape index (κ1) is 18.4. The van der Waals surface area contributed by atoms with Gasteiger partial charge in [-0.3, -0.25) is 9.48 Å². The predicted octanol–water partition coefficient (Wildman–Crippen LogP) is 3.99. The average Bonchev–Trinajstić information content (AvgIpc) is 3.40. The molecule has 8 heteroatoms. The highest BCUT2D eigenvalue weighted by Gasteiger charge is 2.15. The van der Waals surface area contributed by atoms with Crippen LogP contribution in [0.2, 0.25) is 0 Å². The van der Waals surface area contributed by atoms with Gasteiger partial charge in [-0.25, -0.2) is 4.39 Å². The van der Waals surface area contributed by atoms with Crippen molar-refractivity contribution < 1.29 is 18.4 Å². The first-order valence-electron chi connectivity index (χ1n) is 8.81. The molecule has 2 aromatic heterocycles. The molecule has 0 spiro atoms. The highest BCUT2D eigenvalue weighted by molar-refractivity contribution is 6.02. The second-order valence-corrected chi connectivity index (χ2v) is 6.28. The van der Waals surface area contributed by atoms with Crippen molar-refractivity contribution in [3.05, 3.63) is 84.1 Å². The van der Waals surface area contributed by atoms with Crippen LogP contribution < -0.4 is 10.1 Å². The summed E-state index contributed by atoms with van der Waals surface area (Å²) in [7, 11) is 1.59. The molecule has 2 heterocycles. The molecule has 4 rings (SSSR count). The van der Waals surface area contributed by atoms with Gasteiger partial charge in [-0.05, 0) is 30.3 Å². The van der Waals surface area contributed by atoms with E-state index in [0.29, 0.717) is 16.9 Å². The molecule has 7 nitrogen and oxygen atoms in total. The van der Waals surface area contributed by atoms with Crippen LogP contribution in [0.4, 0.5) is 10.1 Å². The number of hydrogen-bond donors (Lipinski definition) is 1. The van der Waals surface area contributed by atoms with Gasteiger partial charge in [-0.2, -0.15) is 5.10 Å². The lowest BCUT2D eigenvalue weighted by Gasteiger charge is -2.03. The quantitative estimate of drug-likeness (QED) is 0.537. The first-order valence-corrected chi connectivity index (χ1v) is 8.81. The minimum atomic E-state index is -0.456. The van der Waals surface area contributed by atoms with Crippen LogP contribution in [-0.2, 0) is 6.54 Å². The number of amides is 1. The number of rotatable bonds is 6. The number of benzene rings is 2. The van der Waals surface area contributed by atoms with Gasteiger partial charge < -0.3 is 14.6 Å². The van der Waals surface area contributed by atoms with E-state index < -0.39 is 5.91 Å². The highest BCUT2D eigenvalue weighted by Crippen LogP contribution is 2.22. The second kappa shape index (κ2) is 7.97. The zero-order valence-electron chi connectivity index (χ0n) is 15.5. The summed E-state index contributed by atoms with van der Waals surface area (Å²) < 4.78 is 25.6. The molecule has 0 fully saturated rings. The Kier molecular flexibility index (Phi) is 5.07. The van der Waals surface area contributed by atoms with Gasteiger partial charge in [0.05, 0.1) is 25.5 Å². The number of carbonyl (C=O) groups excluding carboxylic acids is 1. The van der Waals surface area contributed by atoms with Crippen LogP contribution in [0.3, 0.4) is 0 Å². The van der Waals surface area contributed by atoms with Gasteiger partial charge in [-0.1, -0.05) is 23.4 Å². The van der Waals surface area contributed by atoms with Gasteiger partial charge in [0, 0.05) is 23.4 Å². The summed E-state index contributed by atoms with van der Waals surface area (Å²) in [6, 6.07) is 15.3. The first-order chi connectivity index (χ1) is 14.1. The summed E-state index contributed by atoms with van der Waals surface area (Å²) in [5, 5.41) is 10.8. The SMILES string of the molecule is COc1ccc(-c2cc(C(=O)Nc3cnn(Cc4ccccc4F)c3)on2)cc1. The number of nitrogens with zero attached hydrogens (tertiary/aromatic N) is 3. The number of aromatic nitrogens is 3. The normalized spacial score (nSPS) is 10.7. The molecule has 0 aliphatic rings. The minimum absolute atomic E-state index is 0.0673. The summed E-state index contributed by atoms with van der Waals surface area (Å²) in [5.74, 6) is 0.0317. The molecule has 1 N–H and O–H groups in total. The lowest BCUT2D eigenvalue weighted by molar-refractivity contribution is 0.0988. The number of ether oxygens (including phenoxy) is 1. The van der Waals surface area contributed by atoms with Gasteiger partial charge in [0.15, 0.2) is 0 Å². The number of carbonyl (C=O) groups is 1. The van der Waals surface area contributed by atoms with E-state index in [9.17, 15) is 9.18 Å². The van der Waals surface area contributed by atoms with Crippen LogP contribution in [-0.4, -0.2) is 28.0 Å². The number of methoxy groups -OCH3 is 1. The lowest BCUT2D eigenvalue weighted by atomic mass is 10.1. The lowest BCUT2D eigenvalue weighted by Crippen LogP contribution is -2.10. The van der Waals surface area contributed by atoms with E-state index in [0.717, 1.165) is 11.3 Å². The van der Waals surface area contributed by atoms with Gasteiger partial charge in [0.25, 0.3) is 5.91 Å². The Hall–Kier alpha value is -3.94. The van der Waals surface area contributed by atoms with Gasteiger partial charge in [-0.15, -0.1) is 0 Å². The third-order valence-corrected chi connectivity index (χ3v) is 4.30. The molecule has 2 aromatic carbocycles. The fourth-order valence-electron chi connectivity index (χ4n) is 2.79. The molecule has 0 bridgehead atoms. The third kappa shape index (κ3) is 4.16. The molecule has 0 aliphatic carbocycles. The van der Waals surface area contributed by atoms with Crippen molar-refractivity contribution >= 4 is 11.6 Å². The smallest absolute Gasteiger partial charge is 0.294 e. The second-order valence-electron chi connectivity index (χ2n) is 6.28. The summed E-state index contributed by atoms with van der Waals surface area (Å²) in [6.07, 6.45) is 3.10. The average molecular weight is 392 g/mol. The van der Waals surface area contributed by atoms with E-state index in [4.69, 9.17) is 9.26 Å².